The highest BCUT2D eigenvalue weighted by atomic mass is 32.2. The Morgan fingerprint density at radius 1 is 1.04 bits per heavy atom. The van der Waals surface area contributed by atoms with Gasteiger partial charge in [0, 0.05) is 18.3 Å². The molecule has 0 radical (unpaired) electrons. The Balaban J connectivity index is 1.60. The number of para-hydroxylation sites is 1. The lowest BCUT2D eigenvalue weighted by molar-refractivity contribution is -0.114. The number of nitrogens with one attached hydrogen (secondary N) is 3. The maximum Gasteiger partial charge on any atom is 0.259 e. The number of aromatic amines is 1. The topological polar surface area (TPSA) is 104 Å². The van der Waals surface area contributed by atoms with Crippen LogP contribution in [0.2, 0.25) is 0 Å². The lowest BCUT2D eigenvalue weighted by atomic mass is 10.2. The third kappa shape index (κ3) is 4.48. The summed E-state index contributed by atoms with van der Waals surface area (Å²) in [7, 11) is 0. The molecule has 8 heteroatoms. The van der Waals surface area contributed by atoms with Gasteiger partial charge in [0.1, 0.15) is 0 Å². The minimum Gasteiger partial charge on any atom is -0.326 e. The number of carbonyl (C=O) groups excluding carboxylic acids is 2. The molecular weight excluding hydrogens is 352 g/mol. The van der Waals surface area contributed by atoms with Gasteiger partial charge in [-0.2, -0.15) is 0 Å². The van der Waals surface area contributed by atoms with E-state index in [-0.39, 0.29) is 23.1 Å². The van der Waals surface area contributed by atoms with Gasteiger partial charge >= 0.3 is 0 Å². The zero-order chi connectivity index (χ0) is 18.5. The second-order valence-electron chi connectivity index (χ2n) is 5.48. The second-order valence-corrected chi connectivity index (χ2v) is 6.45. The van der Waals surface area contributed by atoms with E-state index in [0.717, 1.165) is 11.8 Å². The van der Waals surface area contributed by atoms with Gasteiger partial charge in [-0.3, -0.25) is 14.4 Å². The first-order chi connectivity index (χ1) is 12.5. The fraction of sp³-hybridized carbons (Fsp3) is 0.111. The first kappa shape index (κ1) is 17.7. The maximum atomic E-state index is 12.1. The number of thioether (sulfide) groups is 1. The van der Waals surface area contributed by atoms with E-state index in [0.29, 0.717) is 27.4 Å². The van der Waals surface area contributed by atoms with Gasteiger partial charge in [-0.25, -0.2) is 4.98 Å². The van der Waals surface area contributed by atoms with Crippen molar-refractivity contribution < 1.29 is 9.59 Å². The van der Waals surface area contributed by atoms with E-state index in [1.807, 2.05) is 0 Å². The van der Waals surface area contributed by atoms with Crippen LogP contribution in [0, 0.1) is 0 Å². The Hall–Kier alpha value is -3.13. The fourth-order valence-corrected chi connectivity index (χ4v) is 2.97. The Bertz CT molecular complexity index is 1010. The van der Waals surface area contributed by atoms with Crippen LogP contribution in [0.5, 0.6) is 0 Å². The molecule has 3 aromatic rings. The zero-order valence-electron chi connectivity index (χ0n) is 13.9. The zero-order valence-corrected chi connectivity index (χ0v) is 14.7. The first-order valence-corrected chi connectivity index (χ1v) is 8.79. The highest BCUT2D eigenvalue weighted by Crippen LogP contribution is 2.17. The van der Waals surface area contributed by atoms with Crippen molar-refractivity contribution in [2.45, 2.75) is 12.1 Å². The molecule has 0 aliphatic heterocycles. The summed E-state index contributed by atoms with van der Waals surface area (Å²) in [5.74, 6) is -0.275. The molecule has 7 nitrogen and oxygen atoms in total. The number of fused-ring (bicyclic) bond motifs is 1. The van der Waals surface area contributed by atoms with Crippen LogP contribution in [0.1, 0.15) is 6.92 Å². The number of amides is 2. The van der Waals surface area contributed by atoms with E-state index >= 15 is 0 Å². The van der Waals surface area contributed by atoms with E-state index in [1.54, 1.807) is 48.5 Å². The molecule has 3 N–H and O–H groups in total. The number of nitrogens with zero attached hydrogens (tertiary/aromatic N) is 1. The van der Waals surface area contributed by atoms with Gasteiger partial charge in [-0.1, -0.05) is 23.9 Å². The summed E-state index contributed by atoms with van der Waals surface area (Å²) in [6, 6.07) is 13.8. The number of aromatic nitrogens is 2. The van der Waals surface area contributed by atoms with Gasteiger partial charge in [0.2, 0.25) is 11.8 Å². The molecule has 0 spiro atoms. The third-order valence-electron chi connectivity index (χ3n) is 3.42. The normalized spacial score (nSPS) is 10.5. The van der Waals surface area contributed by atoms with Crippen molar-refractivity contribution in [2.75, 3.05) is 16.4 Å². The predicted octanol–water partition coefficient (Wildman–Crippen LogP) is 2.61. The summed E-state index contributed by atoms with van der Waals surface area (Å²) in [5, 5.41) is 6.31. The van der Waals surface area contributed by atoms with Gasteiger partial charge in [-0.15, -0.1) is 0 Å². The molecular formula is C18H16N4O3S. The molecule has 0 aliphatic carbocycles. The highest BCUT2D eigenvalue weighted by Gasteiger charge is 2.08. The smallest absolute Gasteiger partial charge is 0.259 e. The van der Waals surface area contributed by atoms with E-state index < -0.39 is 0 Å². The third-order valence-corrected chi connectivity index (χ3v) is 4.29. The number of hydrogen-bond acceptors (Lipinski definition) is 5. The van der Waals surface area contributed by atoms with Crippen molar-refractivity contribution in [3.05, 3.63) is 58.9 Å². The van der Waals surface area contributed by atoms with Crippen molar-refractivity contribution in [3.8, 4) is 0 Å². The molecule has 1 aromatic heterocycles. The van der Waals surface area contributed by atoms with Gasteiger partial charge in [0.25, 0.3) is 5.56 Å². The molecule has 0 saturated heterocycles. The van der Waals surface area contributed by atoms with E-state index in [9.17, 15) is 14.4 Å². The van der Waals surface area contributed by atoms with Crippen LogP contribution in [0.25, 0.3) is 10.9 Å². The molecule has 0 unspecified atom stereocenters. The molecule has 0 atom stereocenters. The monoisotopic (exact) mass is 368 g/mol. The largest absolute Gasteiger partial charge is 0.326 e. The van der Waals surface area contributed by atoms with Crippen molar-refractivity contribution in [1.82, 2.24) is 9.97 Å². The molecule has 0 saturated carbocycles. The molecule has 2 aromatic carbocycles. The Kier molecular flexibility index (Phi) is 5.33. The maximum absolute atomic E-state index is 12.1. The van der Waals surface area contributed by atoms with Gasteiger partial charge in [0.05, 0.1) is 16.7 Å². The quantitative estimate of drug-likeness (QED) is 0.474. The average molecular weight is 368 g/mol. The second kappa shape index (κ2) is 7.83. The summed E-state index contributed by atoms with van der Waals surface area (Å²) in [5.41, 5.74) is 1.63. The van der Waals surface area contributed by atoms with Crippen LogP contribution in [-0.4, -0.2) is 27.5 Å². The van der Waals surface area contributed by atoms with Crippen LogP contribution in [0.3, 0.4) is 0 Å². The highest BCUT2D eigenvalue weighted by molar-refractivity contribution is 7.99. The van der Waals surface area contributed by atoms with Crippen LogP contribution < -0.4 is 16.2 Å². The van der Waals surface area contributed by atoms with Crippen LogP contribution >= 0.6 is 11.8 Å². The van der Waals surface area contributed by atoms with Gasteiger partial charge in [-0.05, 0) is 36.4 Å². The number of anilines is 2. The number of benzene rings is 2. The lowest BCUT2D eigenvalue weighted by Gasteiger charge is -2.07. The summed E-state index contributed by atoms with van der Waals surface area (Å²) in [6.45, 7) is 1.43. The molecule has 3 rings (SSSR count). The van der Waals surface area contributed by atoms with Crippen LogP contribution in [0.15, 0.2) is 58.5 Å². The molecule has 2 amide bonds. The lowest BCUT2D eigenvalue weighted by Crippen LogP contribution is -2.15. The molecule has 1 heterocycles. The van der Waals surface area contributed by atoms with Crippen LogP contribution in [-0.2, 0) is 9.59 Å². The minimum absolute atomic E-state index is 0.106. The Morgan fingerprint density at radius 3 is 2.38 bits per heavy atom. The van der Waals surface area contributed by atoms with E-state index in [1.165, 1.54) is 6.92 Å². The van der Waals surface area contributed by atoms with Crippen molar-refractivity contribution in [3.63, 3.8) is 0 Å². The average Bonchev–Trinajstić information content (AvgIpc) is 2.61. The molecule has 0 bridgehead atoms. The van der Waals surface area contributed by atoms with Crippen molar-refractivity contribution >= 4 is 45.9 Å². The number of hydrogen-bond donors (Lipinski definition) is 3. The molecule has 26 heavy (non-hydrogen) atoms. The Morgan fingerprint density at radius 2 is 1.69 bits per heavy atom. The minimum atomic E-state index is -0.230. The SMILES string of the molecule is CC(=O)Nc1ccc(NC(=O)CSc2nc3ccccc3c(=O)[nH]2)cc1. The Labute approximate surface area is 153 Å². The summed E-state index contributed by atoms with van der Waals surface area (Å²) < 4.78 is 0. The van der Waals surface area contributed by atoms with Gasteiger partial charge in [0.15, 0.2) is 5.16 Å². The number of rotatable bonds is 5. The standard InChI is InChI=1S/C18H16N4O3S/c1-11(23)19-12-6-8-13(9-7-12)20-16(24)10-26-18-21-15-5-3-2-4-14(15)17(25)22-18/h2-9H,10H2,1H3,(H,19,23)(H,20,24)(H,21,22,25). The van der Waals surface area contributed by atoms with Crippen molar-refractivity contribution in [2.24, 2.45) is 0 Å². The fourth-order valence-electron chi connectivity index (χ4n) is 2.30. The van der Waals surface area contributed by atoms with E-state index in [2.05, 4.69) is 20.6 Å². The van der Waals surface area contributed by atoms with Gasteiger partial charge < -0.3 is 15.6 Å². The summed E-state index contributed by atoms with van der Waals surface area (Å²) in [4.78, 5) is 42.1. The molecule has 0 fully saturated rings. The summed E-state index contributed by atoms with van der Waals surface area (Å²) in [6.07, 6.45) is 0. The van der Waals surface area contributed by atoms with Crippen LogP contribution in [0.4, 0.5) is 11.4 Å². The molecule has 132 valence electrons. The van der Waals surface area contributed by atoms with E-state index in [4.69, 9.17) is 0 Å². The number of H-pyrrole nitrogens is 1. The van der Waals surface area contributed by atoms with Crippen molar-refractivity contribution in [1.29, 1.82) is 0 Å². The molecule has 0 aliphatic rings. The summed E-state index contributed by atoms with van der Waals surface area (Å²) >= 11 is 1.15. The predicted molar refractivity (Wildman–Crippen MR) is 102 cm³/mol. The first-order valence-electron chi connectivity index (χ1n) is 7.80. The number of carbonyl (C=O) groups is 2.